The lowest BCUT2D eigenvalue weighted by atomic mass is 10.2. The van der Waals surface area contributed by atoms with Gasteiger partial charge in [-0.1, -0.05) is 6.92 Å². The molecule has 0 aliphatic rings. The molecule has 0 heterocycles. The molecule has 1 amide bonds. The Morgan fingerprint density at radius 1 is 1.47 bits per heavy atom. The van der Waals surface area contributed by atoms with Crippen LogP contribution in [0.4, 0.5) is 0 Å². The van der Waals surface area contributed by atoms with Gasteiger partial charge in [-0.15, -0.1) is 0 Å². The number of hydrogen-bond acceptors (Lipinski definition) is 3. The van der Waals surface area contributed by atoms with Gasteiger partial charge in [0.2, 0.25) is 0 Å². The Kier molecular flexibility index (Phi) is 5.02. The van der Waals surface area contributed by atoms with Crippen LogP contribution in [0.2, 0.25) is 0 Å². The zero-order valence-corrected chi connectivity index (χ0v) is 10.1. The molecule has 0 bridgehead atoms. The monoisotopic (exact) mass is 232 g/mol. The van der Waals surface area contributed by atoms with Crippen LogP contribution in [0.3, 0.4) is 0 Å². The van der Waals surface area contributed by atoms with E-state index in [4.69, 9.17) is 10.00 Å². The summed E-state index contributed by atoms with van der Waals surface area (Å²) in [6.07, 6.45) is 0.365. The molecule has 0 aliphatic carbocycles. The summed E-state index contributed by atoms with van der Waals surface area (Å²) in [5.74, 6) is 0.458. The summed E-state index contributed by atoms with van der Waals surface area (Å²) in [4.78, 5) is 11.5. The first-order valence-electron chi connectivity index (χ1n) is 5.62. The molecule has 1 atom stereocenters. The van der Waals surface area contributed by atoms with E-state index in [0.717, 1.165) is 6.42 Å². The Morgan fingerprint density at radius 2 is 2.12 bits per heavy atom. The number of rotatable bonds is 5. The van der Waals surface area contributed by atoms with Gasteiger partial charge in [0.15, 0.2) is 6.10 Å². The number of nitrogens with one attached hydrogen (secondary N) is 1. The van der Waals surface area contributed by atoms with Crippen molar-refractivity contribution in [1.29, 1.82) is 5.26 Å². The van der Waals surface area contributed by atoms with E-state index >= 15 is 0 Å². The van der Waals surface area contributed by atoms with E-state index in [1.165, 1.54) is 0 Å². The molecule has 0 fully saturated rings. The molecule has 0 aliphatic heterocycles. The average Bonchev–Trinajstić information content (AvgIpc) is 2.36. The second-order valence-electron chi connectivity index (χ2n) is 3.69. The molecule has 0 radical (unpaired) electrons. The van der Waals surface area contributed by atoms with Crippen molar-refractivity contribution >= 4 is 5.91 Å². The van der Waals surface area contributed by atoms with Crippen LogP contribution in [0.5, 0.6) is 5.75 Å². The summed E-state index contributed by atoms with van der Waals surface area (Å²) in [6.45, 7) is 4.34. The quantitative estimate of drug-likeness (QED) is 0.842. The van der Waals surface area contributed by atoms with E-state index in [9.17, 15) is 4.79 Å². The van der Waals surface area contributed by atoms with E-state index in [1.54, 1.807) is 31.2 Å². The van der Waals surface area contributed by atoms with Gasteiger partial charge in [-0.25, -0.2) is 0 Å². The molecule has 1 rings (SSSR count). The van der Waals surface area contributed by atoms with Crippen LogP contribution in [0.25, 0.3) is 0 Å². The van der Waals surface area contributed by atoms with Gasteiger partial charge in [0, 0.05) is 6.54 Å². The van der Waals surface area contributed by atoms with Crippen LogP contribution in [-0.4, -0.2) is 18.6 Å². The maximum Gasteiger partial charge on any atom is 0.260 e. The highest BCUT2D eigenvalue weighted by Crippen LogP contribution is 2.13. The molecular formula is C13H16N2O2. The normalized spacial score (nSPS) is 11.4. The standard InChI is InChI=1S/C13H16N2O2/c1-3-8-15-13(16)10(2)17-12-6-4-11(9-14)5-7-12/h4-7,10H,3,8H2,1-2H3,(H,15,16). The molecular weight excluding hydrogens is 216 g/mol. The third-order valence-electron chi connectivity index (χ3n) is 2.21. The van der Waals surface area contributed by atoms with Crippen molar-refractivity contribution in [1.82, 2.24) is 5.32 Å². The Labute approximate surface area is 101 Å². The fraction of sp³-hybridized carbons (Fsp3) is 0.385. The van der Waals surface area contributed by atoms with Crippen LogP contribution in [0.15, 0.2) is 24.3 Å². The first-order valence-corrected chi connectivity index (χ1v) is 5.62. The second-order valence-corrected chi connectivity index (χ2v) is 3.69. The molecule has 1 N–H and O–H groups in total. The van der Waals surface area contributed by atoms with E-state index in [0.29, 0.717) is 17.9 Å². The van der Waals surface area contributed by atoms with E-state index in [2.05, 4.69) is 5.32 Å². The first-order chi connectivity index (χ1) is 8.17. The van der Waals surface area contributed by atoms with Gasteiger partial charge in [-0.3, -0.25) is 4.79 Å². The number of carbonyl (C=O) groups is 1. The minimum absolute atomic E-state index is 0.129. The minimum atomic E-state index is -0.533. The number of carbonyl (C=O) groups excluding carboxylic acids is 1. The zero-order valence-electron chi connectivity index (χ0n) is 10.1. The van der Waals surface area contributed by atoms with Crippen molar-refractivity contribution in [3.8, 4) is 11.8 Å². The Balaban J connectivity index is 2.52. The average molecular weight is 232 g/mol. The van der Waals surface area contributed by atoms with Crippen molar-refractivity contribution in [2.75, 3.05) is 6.54 Å². The molecule has 0 saturated heterocycles. The van der Waals surface area contributed by atoms with Crippen LogP contribution >= 0.6 is 0 Å². The Hall–Kier alpha value is -2.02. The fourth-order valence-electron chi connectivity index (χ4n) is 1.26. The maximum atomic E-state index is 11.5. The number of ether oxygens (including phenoxy) is 1. The molecule has 17 heavy (non-hydrogen) atoms. The first kappa shape index (κ1) is 13.0. The lowest BCUT2D eigenvalue weighted by molar-refractivity contribution is -0.127. The summed E-state index contributed by atoms with van der Waals surface area (Å²) in [7, 11) is 0. The number of nitriles is 1. The predicted molar refractivity (Wildman–Crippen MR) is 64.5 cm³/mol. The molecule has 4 heteroatoms. The molecule has 0 saturated carbocycles. The summed E-state index contributed by atoms with van der Waals surface area (Å²) in [6, 6.07) is 8.71. The van der Waals surface area contributed by atoms with Crippen molar-refractivity contribution in [2.45, 2.75) is 26.4 Å². The van der Waals surface area contributed by atoms with Gasteiger partial charge in [-0.05, 0) is 37.6 Å². The van der Waals surface area contributed by atoms with Gasteiger partial charge in [0.1, 0.15) is 5.75 Å². The second kappa shape index (κ2) is 6.54. The third kappa shape index (κ3) is 4.15. The summed E-state index contributed by atoms with van der Waals surface area (Å²) < 4.78 is 5.45. The highest BCUT2D eigenvalue weighted by molar-refractivity contribution is 5.80. The maximum absolute atomic E-state index is 11.5. The zero-order chi connectivity index (χ0) is 12.7. The molecule has 1 aromatic rings. The molecule has 4 nitrogen and oxygen atoms in total. The highest BCUT2D eigenvalue weighted by Gasteiger charge is 2.13. The number of hydrogen-bond donors (Lipinski definition) is 1. The Morgan fingerprint density at radius 3 is 2.65 bits per heavy atom. The third-order valence-corrected chi connectivity index (χ3v) is 2.21. The smallest absolute Gasteiger partial charge is 0.260 e. The molecule has 90 valence electrons. The highest BCUT2D eigenvalue weighted by atomic mass is 16.5. The predicted octanol–water partition coefficient (Wildman–Crippen LogP) is 1.85. The van der Waals surface area contributed by atoms with Crippen LogP contribution in [0, 0.1) is 11.3 Å². The number of nitrogens with zero attached hydrogens (tertiary/aromatic N) is 1. The molecule has 0 spiro atoms. The van der Waals surface area contributed by atoms with Gasteiger partial charge in [0.25, 0.3) is 5.91 Å². The van der Waals surface area contributed by atoms with Crippen LogP contribution < -0.4 is 10.1 Å². The van der Waals surface area contributed by atoms with Crippen molar-refractivity contribution in [2.24, 2.45) is 0 Å². The van der Waals surface area contributed by atoms with Gasteiger partial charge in [-0.2, -0.15) is 5.26 Å². The molecule has 0 aromatic heterocycles. The Bertz CT molecular complexity index is 406. The molecule has 1 aromatic carbocycles. The van der Waals surface area contributed by atoms with Gasteiger partial charge < -0.3 is 10.1 Å². The summed E-state index contributed by atoms with van der Waals surface area (Å²) >= 11 is 0. The lowest BCUT2D eigenvalue weighted by Gasteiger charge is -2.14. The SMILES string of the molecule is CCCNC(=O)C(C)Oc1ccc(C#N)cc1. The molecule has 1 unspecified atom stereocenters. The minimum Gasteiger partial charge on any atom is -0.481 e. The lowest BCUT2D eigenvalue weighted by Crippen LogP contribution is -2.36. The van der Waals surface area contributed by atoms with Crippen LogP contribution in [-0.2, 0) is 4.79 Å². The van der Waals surface area contributed by atoms with Crippen molar-refractivity contribution < 1.29 is 9.53 Å². The van der Waals surface area contributed by atoms with E-state index in [1.807, 2.05) is 13.0 Å². The van der Waals surface area contributed by atoms with Gasteiger partial charge in [0.05, 0.1) is 11.6 Å². The van der Waals surface area contributed by atoms with Crippen LogP contribution in [0.1, 0.15) is 25.8 Å². The van der Waals surface area contributed by atoms with Gasteiger partial charge >= 0.3 is 0 Å². The number of benzene rings is 1. The topological polar surface area (TPSA) is 62.1 Å². The summed E-state index contributed by atoms with van der Waals surface area (Å²) in [5.41, 5.74) is 0.570. The van der Waals surface area contributed by atoms with Crippen molar-refractivity contribution in [3.05, 3.63) is 29.8 Å². The summed E-state index contributed by atoms with van der Waals surface area (Å²) in [5, 5.41) is 11.4. The fourth-order valence-corrected chi connectivity index (χ4v) is 1.26. The van der Waals surface area contributed by atoms with E-state index in [-0.39, 0.29) is 5.91 Å². The van der Waals surface area contributed by atoms with E-state index < -0.39 is 6.10 Å². The number of amides is 1. The van der Waals surface area contributed by atoms with Crippen molar-refractivity contribution in [3.63, 3.8) is 0 Å². The largest absolute Gasteiger partial charge is 0.481 e.